The first-order valence-electron chi connectivity index (χ1n) is 5.30. The van der Waals surface area contributed by atoms with E-state index in [0.717, 1.165) is 19.1 Å². The fraction of sp³-hybridized carbons (Fsp3) is 1.00. The van der Waals surface area contributed by atoms with Crippen LogP contribution in [-0.2, 0) is 0 Å². The van der Waals surface area contributed by atoms with Crippen molar-refractivity contribution in [3.8, 4) is 0 Å². The largest absolute Gasteiger partial charge is 0.312 e. The minimum absolute atomic E-state index is 0.432. The van der Waals surface area contributed by atoms with Gasteiger partial charge in [-0.05, 0) is 12.8 Å². The third kappa shape index (κ3) is 2.66. The summed E-state index contributed by atoms with van der Waals surface area (Å²) in [5.41, 5.74) is 2.99. The number of nitrogens with zero attached hydrogens (tertiary/aromatic N) is 2. The molecule has 2 aliphatic rings. The lowest BCUT2D eigenvalue weighted by Crippen LogP contribution is -2.41. The van der Waals surface area contributed by atoms with Crippen LogP contribution in [0.4, 0.5) is 0 Å². The van der Waals surface area contributed by atoms with E-state index in [4.69, 9.17) is 0 Å². The third-order valence-electron chi connectivity index (χ3n) is 2.87. The Bertz CT molecular complexity index is 166. The quantitative estimate of drug-likeness (QED) is 0.690. The third-order valence-corrected chi connectivity index (χ3v) is 2.87. The Hall–Kier alpha value is -0.640. The smallest absolute Gasteiger partial charge is 0.0851 e. The van der Waals surface area contributed by atoms with Crippen molar-refractivity contribution in [3.63, 3.8) is 0 Å². The zero-order valence-electron chi connectivity index (χ0n) is 8.00. The lowest BCUT2D eigenvalue weighted by Gasteiger charge is -2.23. The summed E-state index contributed by atoms with van der Waals surface area (Å²) in [5, 5.41) is 11.2. The van der Waals surface area contributed by atoms with E-state index in [2.05, 4.69) is 21.1 Å². The molecule has 1 aliphatic heterocycles. The van der Waals surface area contributed by atoms with E-state index in [0.29, 0.717) is 6.04 Å². The monoisotopic (exact) mass is 182 g/mol. The van der Waals surface area contributed by atoms with Crippen LogP contribution in [0, 0.1) is 0 Å². The van der Waals surface area contributed by atoms with Crippen LogP contribution >= 0.6 is 0 Å². The Morgan fingerprint density at radius 3 is 2.77 bits per heavy atom. The van der Waals surface area contributed by atoms with Gasteiger partial charge in [-0.1, -0.05) is 24.5 Å². The van der Waals surface area contributed by atoms with Gasteiger partial charge in [-0.2, -0.15) is 5.11 Å². The number of hydrogen-bond acceptors (Lipinski definition) is 4. The topological polar surface area (TPSA) is 48.8 Å². The highest BCUT2D eigenvalue weighted by Gasteiger charge is 2.16. The normalized spacial score (nSPS) is 29.1. The van der Waals surface area contributed by atoms with Crippen molar-refractivity contribution in [1.82, 2.24) is 10.7 Å². The number of hydrogen-bond donors (Lipinski definition) is 2. The Kier molecular flexibility index (Phi) is 3.13. The van der Waals surface area contributed by atoms with Crippen molar-refractivity contribution in [2.75, 3.05) is 13.1 Å². The fourth-order valence-corrected chi connectivity index (χ4v) is 2.03. The van der Waals surface area contributed by atoms with Gasteiger partial charge >= 0.3 is 0 Å². The van der Waals surface area contributed by atoms with Crippen LogP contribution in [0.2, 0.25) is 0 Å². The highest BCUT2D eigenvalue weighted by molar-refractivity contribution is 4.78. The van der Waals surface area contributed by atoms with Gasteiger partial charge in [0.25, 0.3) is 0 Å². The Morgan fingerprint density at radius 1 is 1.23 bits per heavy atom. The SMILES string of the molecule is C1CCC(NCC2CN=NN2)CC1. The average Bonchev–Trinajstić information content (AvgIpc) is 2.69. The van der Waals surface area contributed by atoms with E-state index in [1.165, 1.54) is 32.1 Å². The molecule has 0 amide bonds. The van der Waals surface area contributed by atoms with Gasteiger partial charge in [0, 0.05) is 12.6 Å². The standard InChI is InChI=1S/C9H18N4/c1-2-4-8(5-3-1)10-6-9-7-11-13-12-9/h8-10H,1-7H2,(H,11,12). The molecule has 4 nitrogen and oxygen atoms in total. The summed E-state index contributed by atoms with van der Waals surface area (Å²) >= 11 is 0. The summed E-state index contributed by atoms with van der Waals surface area (Å²) in [6, 6.07) is 1.18. The molecule has 2 rings (SSSR count). The summed E-state index contributed by atoms with van der Waals surface area (Å²) in [7, 11) is 0. The van der Waals surface area contributed by atoms with Crippen molar-refractivity contribution in [2.45, 2.75) is 44.2 Å². The molecule has 13 heavy (non-hydrogen) atoms. The zero-order valence-corrected chi connectivity index (χ0v) is 8.00. The summed E-state index contributed by atoms with van der Waals surface area (Å²) in [4.78, 5) is 0. The molecule has 4 heteroatoms. The molecular formula is C9H18N4. The Morgan fingerprint density at radius 2 is 2.08 bits per heavy atom. The molecule has 2 N–H and O–H groups in total. The molecule has 1 aliphatic carbocycles. The van der Waals surface area contributed by atoms with Crippen molar-refractivity contribution < 1.29 is 0 Å². The highest BCUT2D eigenvalue weighted by Crippen LogP contribution is 2.17. The number of rotatable bonds is 3. The summed E-state index contributed by atoms with van der Waals surface area (Å²) in [6.45, 7) is 1.84. The average molecular weight is 182 g/mol. The molecule has 0 bridgehead atoms. The minimum Gasteiger partial charge on any atom is -0.312 e. The van der Waals surface area contributed by atoms with Gasteiger partial charge in [-0.25, -0.2) is 0 Å². The first-order chi connectivity index (χ1) is 6.45. The van der Waals surface area contributed by atoms with Gasteiger partial charge in [0.1, 0.15) is 0 Å². The first-order valence-corrected chi connectivity index (χ1v) is 5.30. The molecule has 0 aromatic rings. The van der Waals surface area contributed by atoms with Crippen LogP contribution in [0.1, 0.15) is 32.1 Å². The maximum atomic E-state index is 3.90. The summed E-state index contributed by atoms with van der Waals surface area (Å²) in [6.07, 6.45) is 6.90. The fourth-order valence-electron chi connectivity index (χ4n) is 2.03. The summed E-state index contributed by atoms with van der Waals surface area (Å²) < 4.78 is 0. The van der Waals surface area contributed by atoms with E-state index in [1.54, 1.807) is 0 Å². The van der Waals surface area contributed by atoms with Crippen LogP contribution in [0.5, 0.6) is 0 Å². The molecule has 74 valence electrons. The second-order valence-electron chi connectivity index (χ2n) is 3.99. The molecule has 1 fully saturated rings. The molecule has 1 heterocycles. The molecule has 0 radical (unpaired) electrons. The molecular weight excluding hydrogens is 164 g/mol. The maximum Gasteiger partial charge on any atom is 0.0851 e. The zero-order chi connectivity index (χ0) is 8.93. The van der Waals surface area contributed by atoms with Gasteiger partial charge < -0.3 is 5.32 Å². The Labute approximate surface area is 79.2 Å². The second-order valence-corrected chi connectivity index (χ2v) is 3.99. The van der Waals surface area contributed by atoms with Gasteiger partial charge in [0.05, 0.1) is 12.6 Å². The Balaban J connectivity index is 1.61. The van der Waals surface area contributed by atoms with E-state index < -0.39 is 0 Å². The van der Waals surface area contributed by atoms with Gasteiger partial charge in [-0.15, -0.1) is 0 Å². The summed E-state index contributed by atoms with van der Waals surface area (Å²) in [5.74, 6) is 0. The minimum atomic E-state index is 0.432. The molecule has 0 saturated heterocycles. The maximum absolute atomic E-state index is 3.90. The van der Waals surface area contributed by atoms with Gasteiger partial charge in [0.2, 0.25) is 0 Å². The van der Waals surface area contributed by atoms with Crippen LogP contribution in [0.3, 0.4) is 0 Å². The van der Waals surface area contributed by atoms with Crippen molar-refractivity contribution in [2.24, 2.45) is 10.3 Å². The predicted molar refractivity (Wildman–Crippen MR) is 51.5 cm³/mol. The van der Waals surface area contributed by atoms with Crippen LogP contribution in [0.15, 0.2) is 10.3 Å². The van der Waals surface area contributed by atoms with E-state index >= 15 is 0 Å². The lowest BCUT2D eigenvalue weighted by atomic mass is 9.95. The van der Waals surface area contributed by atoms with Crippen molar-refractivity contribution in [1.29, 1.82) is 0 Å². The molecule has 0 aromatic heterocycles. The molecule has 0 spiro atoms. The second kappa shape index (κ2) is 4.56. The van der Waals surface area contributed by atoms with Crippen molar-refractivity contribution in [3.05, 3.63) is 0 Å². The van der Waals surface area contributed by atoms with Crippen LogP contribution < -0.4 is 10.7 Å². The van der Waals surface area contributed by atoms with Crippen LogP contribution in [-0.4, -0.2) is 25.2 Å². The van der Waals surface area contributed by atoms with Crippen molar-refractivity contribution >= 4 is 0 Å². The molecule has 1 unspecified atom stereocenters. The van der Waals surface area contributed by atoms with E-state index in [-0.39, 0.29) is 0 Å². The molecule has 0 aromatic carbocycles. The van der Waals surface area contributed by atoms with E-state index in [9.17, 15) is 0 Å². The van der Waals surface area contributed by atoms with E-state index in [1.807, 2.05) is 0 Å². The first kappa shape index (κ1) is 8.94. The van der Waals surface area contributed by atoms with Gasteiger partial charge in [0.15, 0.2) is 0 Å². The molecule has 1 saturated carbocycles. The molecule has 1 atom stereocenters. The number of nitrogens with one attached hydrogen (secondary N) is 2. The van der Waals surface area contributed by atoms with Crippen LogP contribution in [0.25, 0.3) is 0 Å². The van der Waals surface area contributed by atoms with Gasteiger partial charge in [-0.3, -0.25) is 5.43 Å². The lowest BCUT2D eigenvalue weighted by molar-refractivity contribution is 0.360. The highest BCUT2D eigenvalue weighted by atomic mass is 15.5. The predicted octanol–water partition coefficient (Wildman–Crippen LogP) is 1.25.